The molecule has 1 aromatic rings. The number of nitrogens with one attached hydrogen (secondary N) is 1. The molecule has 0 bridgehead atoms. The minimum Gasteiger partial charge on any atom is -0.389 e. The number of hydrogen-bond donors (Lipinski definition) is 2. The van der Waals surface area contributed by atoms with Gasteiger partial charge in [-0.15, -0.1) is 0 Å². The topological polar surface area (TPSA) is 61.3 Å². The van der Waals surface area contributed by atoms with Crippen LogP contribution in [0.5, 0.6) is 0 Å². The van der Waals surface area contributed by atoms with Crippen molar-refractivity contribution in [1.29, 1.82) is 0 Å². The largest absolute Gasteiger partial charge is 0.389 e. The maximum atomic E-state index is 10.1. The van der Waals surface area contributed by atoms with Crippen LogP contribution in [-0.2, 0) is 6.42 Å². The molecule has 0 fully saturated rings. The smallest absolute Gasteiger partial charge is 0.134 e. The molecular weight excluding hydrogens is 264 g/mol. The fourth-order valence-corrected chi connectivity index (χ4v) is 2.15. The Hall–Kier alpha value is -1.36. The fourth-order valence-electron chi connectivity index (χ4n) is 2.15. The summed E-state index contributed by atoms with van der Waals surface area (Å²) in [6.45, 7) is 12.2. The van der Waals surface area contributed by atoms with Gasteiger partial charge in [-0.25, -0.2) is 9.97 Å². The molecule has 0 unspecified atom stereocenters. The lowest BCUT2D eigenvalue weighted by Crippen LogP contribution is -2.39. The first-order chi connectivity index (χ1) is 9.89. The number of aromatic nitrogens is 2. The molecule has 0 aliphatic rings. The van der Waals surface area contributed by atoms with E-state index in [0.29, 0.717) is 6.54 Å². The molecule has 0 radical (unpaired) electrons. The zero-order valence-corrected chi connectivity index (χ0v) is 14.1. The Kier molecular flexibility index (Phi) is 6.89. The molecular formula is C16H30N4O. The molecule has 0 saturated carbocycles. The molecule has 0 spiro atoms. The summed E-state index contributed by atoms with van der Waals surface area (Å²) in [6.07, 6.45) is 2.95. The van der Waals surface area contributed by atoms with Crippen molar-refractivity contribution < 1.29 is 5.11 Å². The van der Waals surface area contributed by atoms with Crippen molar-refractivity contribution in [3.8, 4) is 0 Å². The first kappa shape index (κ1) is 17.7. The standard InChI is InChI=1S/C16H30N4O/c1-6-9-13-18-14(17-10-7-2)11-15(19-13)20(8-3)12-16(4,5)21/h11,21H,6-10,12H2,1-5H3,(H,17,18,19). The van der Waals surface area contributed by atoms with Crippen LogP contribution in [0.3, 0.4) is 0 Å². The molecule has 0 saturated heterocycles. The molecule has 2 N–H and O–H groups in total. The number of aryl methyl sites for hydroxylation is 1. The minimum atomic E-state index is -0.747. The molecule has 1 rings (SSSR count). The van der Waals surface area contributed by atoms with Gasteiger partial charge in [0, 0.05) is 32.1 Å². The van der Waals surface area contributed by atoms with Crippen molar-refractivity contribution in [3.05, 3.63) is 11.9 Å². The Morgan fingerprint density at radius 2 is 1.90 bits per heavy atom. The number of rotatable bonds is 9. The van der Waals surface area contributed by atoms with Gasteiger partial charge >= 0.3 is 0 Å². The summed E-state index contributed by atoms with van der Waals surface area (Å²) in [5, 5.41) is 13.4. The molecule has 5 heteroatoms. The van der Waals surface area contributed by atoms with Crippen molar-refractivity contribution >= 4 is 11.6 Å². The lowest BCUT2D eigenvalue weighted by Gasteiger charge is -2.29. The second-order valence-electron chi connectivity index (χ2n) is 6.03. The van der Waals surface area contributed by atoms with Gasteiger partial charge in [0.25, 0.3) is 0 Å². The molecule has 0 atom stereocenters. The van der Waals surface area contributed by atoms with E-state index >= 15 is 0 Å². The van der Waals surface area contributed by atoms with Crippen molar-refractivity contribution in [3.63, 3.8) is 0 Å². The van der Waals surface area contributed by atoms with E-state index in [1.807, 2.05) is 19.9 Å². The maximum absolute atomic E-state index is 10.1. The average Bonchev–Trinajstić information content (AvgIpc) is 2.41. The van der Waals surface area contributed by atoms with Crippen molar-refractivity contribution in [2.45, 2.75) is 59.5 Å². The Morgan fingerprint density at radius 1 is 1.19 bits per heavy atom. The fraction of sp³-hybridized carbons (Fsp3) is 0.750. The van der Waals surface area contributed by atoms with Gasteiger partial charge in [-0.3, -0.25) is 0 Å². The van der Waals surface area contributed by atoms with E-state index in [4.69, 9.17) is 0 Å². The summed E-state index contributed by atoms with van der Waals surface area (Å²) in [5.41, 5.74) is -0.747. The van der Waals surface area contributed by atoms with E-state index in [2.05, 4.69) is 41.0 Å². The van der Waals surface area contributed by atoms with Gasteiger partial charge in [0.1, 0.15) is 17.5 Å². The zero-order chi connectivity index (χ0) is 15.9. The number of nitrogens with zero attached hydrogens (tertiary/aromatic N) is 3. The van der Waals surface area contributed by atoms with Gasteiger partial charge in [0.15, 0.2) is 0 Å². The van der Waals surface area contributed by atoms with Crippen LogP contribution in [0, 0.1) is 0 Å². The number of hydrogen-bond acceptors (Lipinski definition) is 5. The average molecular weight is 294 g/mol. The highest BCUT2D eigenvalue weighted by Crippen LogP contribution is 2.19. The zero-order valence-electron chi connectivity index (χ0n) is 14.1. The summed E-state index contributed by atoms with van der Waals surface area (Å²) < 4.78 is 0. The third-order valence-corrected chi connectivity index (χ3v) is 3.07. The second kappa shape index (κ2) is 8.17. The van der Waals surface area contributed by atoms with Gasteiger partial charge in [-0.1, -0.05) is 13.8 Å². The Labute approximate surface area is 128 Å². The van der Waals surface area contributed by atoms with Crippen LogP contribution in [0.25, 0.3) is 0 Å². The quantitative estimate of drug-likeness (QED) is 0.733. The molecule has 0 aromatic carbocycles. The van der Waals surface area contributed by atoms with Crippen LogP contribution in [0.15, 0.2) is 6.07 Å². The third-order valence-electron chi connectivity index (χ3n) is 3.07. The molecule has 21 heavy (non-hydrogen) atoms. The predicted octanol–water partition coefficient (Wildman–Crippen LogP) is 2.85. The third kappa shape index (κ3) is 6.29. The molecule has 1 aromatic heterocycles. The first-order valence-corrected chi connectivity index (χ1v) is 7.98. The van der Waals surface area contributed by atoms with Crippen LogP contribution in [-0.4, -0.2) is 40.3 Å². The second-order valence-corrected chi connectivity index (χ2v) is 6.03. The van der Waals surface area contributed by atoms with Crippen LogP contribution in [0.1, 0.15) is 53.3 Å². The molecule has 120 valence electrons. The van der Waals surface area contributed by atoms with Crippen molar-refractivity contribution in [1.82, 2.24) is 9.97 Å². The van der Waals surface area contributed by atoms with E-state index in [1.54, 1.807) is 0 Å². The summed E-state index contributed by atoms with van der Waals surface area (Å²) in [7, 11) is 0. The first-order valence-electron chi connectivity index (χ1n) is 7.98. The summed E-state index contributed by atoms with van der Waals surface area (Å²) >= 11 is 0. The Balaban J connectivity index is 3.03. The lowest BCUT2D eigenvalue weighted by molar-refractivity contribution is 0.0874. The van der Waals surface area contributed by atoms with Crippen LogP contribution in [0.2, 0.25) is 0 Å². The molecule has 0 aliphatic carbocycles. The SMILES string of the molecule is CCCNc1cc(N(CC)CC(C)(C)O)nc(CCC)n1. The highest BCUT2D eigenvalue weighted by Gasteiger charge is 2.19. The summed E-state index contributed by atoms with van der Waals surface area (Å²) in [5.74, 6) is 2.62. The lowest BCUT2D eigenvalue weighted by atomic mass is 10.1. The Bertz CT molecular complexity index is 429. The van der Waals surface area contributed by atoms with Gasteiger partial charge in [-0.2, -0.15) is 0 Å². The molecule has 1 heterocycles. The minimum absolute atomic E-state index is 0.555. The van der Waals surface area contributed by atoms with Gasteiger partial charge < -0.3 is 15.3 Å². The molecule has 0 aliphatic heterocycles. The van der Waals surface area contributed by atoms with E-state index < -0.39 is 5.60 Å². The van der Waals surface area contributed by atoms with E-state index in [-0.39, 0.29) is 0 Å². The Morgan fingerprint density at radius 3 is 2.43 bits per heavy atom. The van der Waals surface area contributed by atoms with Crippen LogP contribution in [0.4, 0.5) is 11.6 Å². The number of anilines is 2. The highest BCUT2D eigenvalue weighted by molar-refractivity contribution is 5.49. The van der Waals surface area contributed by atoms with E-state index in [0.717, 1.165) is 49.8 Å². The number of aliphatic hydroxyl groups is 1. The maximum Gasteiger partial charge on any atom is 0.134 e. The predicted molar refractivity (Wildman–Crippen MR) is 89.0 cm³/mol. The number of likely N-dealkylation sites (N-methyl/N-ethyl adjacent to an activating group) is 1. The van der Waals surface area contributed by atoms with Crippen LogP contribution < -0.4 is 10.2 Å². The summed E-state index contributed by atoms with van der Waals surface area (Å²) in [6, 6.07) is 1.98. The van der Waals surface area contributed by atoms with Gasteiger partial charge in [0.2, 0.25) is 0 Å². The molecule has 0 amide bonds. The molecule has 5 nitrogen and oxygen atoms in total. The van der Waals surface area contributed by atoms with Gasteiger partial charge in [0.05, 0.1) is 5.60 Å². The van der Waals surface area contributed by atoms with Crippen molar-refractivity contribution in [2.75, 3.05) is 29.9 Å². The van der Waals surface area contributed by atoms with Crippen molar-refractivity contribution in [2.24, 2.45) is 0 Å². The van der Waals surface area contributed by atoms with E-state index in [1.165, 1.54) is 0 Å². The van der Waals surface area contributed by atoms with Gasteiger partial charge in [-0.05, 0) is 33.6 Å². The van der Waals surface area contributed by atoms with Crippen LogP contribution >= 0.6 is 0 Å². The highest BCUT2D eigenvalue weighted by atomic mass is 16.3. The monoisotopic (exact) mass is 294 g/mol. The summed E-state index contributed by atoms with van der Waals surface area (Å²) in [4.78, 5) is 11.3. The normalized spacial score (nSPS) is 11.5. The van der Waals surface area contributed by atoms with E-state index in [9.17, 15) is 5.11 Å².